The van der Waals surface area contributed by atoms with Crippen LogP contribution in [0, 0.1) is 6.92 Å². The standard InChI is InChI=1S/C17H20F3N5O2/c1-11-9-15(23-16(26)21-7-6-13-3-2-8-27-13)25(24-11)14-5-4-12(10-22-14)17(18,19)20/h4-5,9-10,13H,2-3,6-8H2,1H3,(H2,21,23,26)/t13-/m1/s1. The molecule has 0 unspecified atom stereocenters. The van der Waals surface area contributed by atoms with E-state index in [0.29, 0.717) is 18.1 Å². The highest BCUT2D eigenvalue weighted by atomic mass is 19.4. The molecule has 0 aliphatic carbocycles. The zero-order valence-corrected chi connectivity index (χ0v) is 14.7. The number of hydrogen-bond acceptors (Lipinski definition) is 4. The number of hydrogen-bond donors (Lipinski definition) is 2. The van der Waals surface area contributed by atoms with Gasteiger partial charge in [0.1, 0.15) is 5.82 Å². The molecule has 3 heterocycles. The molecule has 0 radical (unpaired) electrons. The Hall–Kier alpha value is -2.62. The largest absolute Gasteiger partial charge is 0.417 e. The number of carbonyl (C=O) groups is 1. The number of alkyl halides is 3. The monoisotopic (exact) mass is 383 g/mol. The Bertz CT molecular complexity index is 783. The van der Waals surface area contributed by atoms with E-state index in [2.05, 4.69) is 20.7 Å². The van der Waals surface area contributed by atoms with Gasteiger partial charge in [-0.25, -0.2) is 9.78 Å². The summed E-state index contributed by atoms with van der Waals surface area (Å²) in [5.74, 6) is 0.486. The SMILES string of the molecule is Cc1cc(NC(=O)NCC[C@H]2CCCO2)n(-c2ccc(C(F)(F)F)cn2)n1. The Labute approximate surface area is 153 Å². The second kappa shape index (κ2) is 7.95. The van der Waals surface area contributed by atoms with E-state index in [4.69, 9.17) is 4.74 Å². The molecule has 10 heteroatoms. The third-order valence-corrected chi connectivity index (χ3v) is 4.14. The molecule has 7 nitrogen and oxygen atoms in total. The number of aryl methyl sites for hydroxylation is 1. The summed E-state index contributed by atoms with van der Waals surface area (Å²) in [5.41, 5.74) is -0.261. The van der Waals surface area contributed by atoms with E-state index in [0.717, 1.165) is 38.1 Å². The zero-order valence-electron chi connectivity index (χ0n) is 14.7. The normalized spacial score (nSPS) is 17.1. The number of anilines is 1. The van der Waals surface area contributed by atoms with Crippen LogP contribution in [0.5, 0.6) is 0 Å². The van der Waals surface area contributed by atoms with Crippen molar-refractivity contribution in [2.45, 2.75) is 38.5 Å². The number of halogens is 3. The summed E-state index contributed by atoms with van der Waals surface area (Å²) in [6.45, 7) is 2.93. The predicted molar refractivity (Wildman–Crippen MR) is 91.7 cm³/mol. The molecular formula is C17H20F3N5O2. The van der Waals surface area contributed by atoms with Crippen molar-refractivity contribution in [3.05, 3.63) is 35.7 Å². The van der Waals surface area contributed by atoms with Gasteiger partial charge in [-0.2, -0.15) is 23.0 Å². The Morgan fingerprint density at radius 3 is 2.85 bits per heavy atom. The highest BCUT2D eigenvalue weighted by Crippen LogP contribution is 2.29. The van der Waals surface area contributed by atoms with E-state index in [9.17, 15) is 18.0 Å². The van der Waals surface area contributed by atoms with Crippen molar-refractivity contribution in [2.24, 2.45) is 0 Å². The number of ether oxygens (including phenoxy) is 1. The topological polar surface area (TPSA) is 81.1 Å². The Morgan fingerprint density at radius 2 is 2.22 bits per heavy atom. The smallest absolute Gasteiger partial charge is 0.378 e. The van der Waals surface area contributed by atoms with Crippen molar-refractivity contribution in [3.8, 4) is 5.82 Å². The first-order chi connectivity index (χ1) is 12.8. The van der Waals surface area contributed by atoms with Crippen LogP contribution in [0.25, 0.3) is 5.82 Å². The van der Waals surface area contributed by atoms with Crippen LogP contribution in [0.4, 0.5) is 23.8 Å². The number of pyridine rings is 1. The van der Waals surface area contributed by atoms with Crippen LogP contribution in [-0.2, 0) is 10.9 Å². The average Bonchev–Trinajstić information content (AvgIpc) is 3.24. The summed E-state index contributed by atoms with van der Waals surface area (Å²) in [4.78, 5) is 15.9. The summed E-state index contributed by atoms with van der Waals surface area (Å²) >= 11 is 0. The van der Waals surface area contributed by atoms with Crippen LogP contribution < -0.4 is 10.6 Å². The van der Waals surface area contributed by atoms with E-state index >= 15 is 0 Å². The quantitative estimate of drug-likeness (QED) is 0.830. The lowest BCUT2D eigenvalue weighted by Crippen LogP contribution is -2.32. The highest BCUT2D eigenvalue weighted by Gasteiger charge is 2.30. The minimum absolute atomic E-state index is 0.172. The Kier molecular flexibility index (Phi) is 5.64. The van der Waals surface area contributed by atoms with Gasteiger partial charge < -0.3 is 10.1 Å². The lowest BCUT2D eigenvalue weighted by molar-refractivity contribution is -0.137. The van der Waals surface area contributed by atoms with Crippen LogP contribution >= 0.6 is 0 Å². The maximum Gasteiger partial charge on any atom is 0.417 e. The number of aromatic nitrogens is 3. The fraction of sp³-hybridized carbons (Fsp3) is 0.471. The number of amides is 2. The molecule has 0 spiro atoms. The molecule has 27 heavy (non-hydrogen) atoms. The van der Waals surface area contributed by atoms with Gasteiger partial charge in [-0.1, -0.05) is 0 Å². The minimum atomic E-state index is -4.46. The van der Waals surface area contributed by atoms with Crippen molar-refractivity contribution in [2.75, 3.05) is 18.5 Å². The molecule has 146 valence electrons. The number of carbonyl (C=O) groups excluding carboxylic acids is 1. The van der Waals surface area contributed by atoms with Crippen LogP contribution in [0.15, 0.2) is 24.4 Å². The number of nitrogens with zero attached hydrogens (tertiary/aromatic N) is 3. The second-order valence-electron chi connectivity index (χ2n) is 6.29. The van der Waals surface area contributed by atoms with Gasteiger partial charge in [-0.05, 0) is 38.3 Å². The molecule has 3 rings (SSSR count). The average molecular weight is 383 g/mol. The van der Waals surface area contributed by atoms with Gasteiger partial charge in [-0.3, -0.25) is 5.32 Å². The minimum Gasteiger partial charge on any atom is -0.378 e. The molecule has 0 bridgehead atoms. The maximum absolute atomic E-state index is 12.7. The van der Waals surface area contributed by atoms with Crippen LogP contribution in [0.3, 0.4) is 0 Å². The first-order valence-electron chi connectivity index (χ1n) is 8.59. The molecule has 1 atom stereocenters. The van der Waals surface area contributed by atoms with Gasteiger partial charge in [-0.15, -0.1) is 0 Å². The van der Waals surface area contributed by atoms with Gasteiger partial charge >= 0.3 is 12.2 Å². The summed E-state index contributed by atoms with van der Waals surface area (Å²) in [5, 5.41) is 9.56. The lowest BCUT2D eigenvalue weighted by Gasteiger charge is -2.12. The molecule has 1 aliphatic heterocycles. The summed E-state index contributed by atoms with van der Waals surface area (Å²) in [7, 11) is 0. The first-order valence-corrected chi connectivity index (χ1v) is 8.59. The van der Waals surface area contributed by atoms with E-state index < -0.39 is 17.8 Å². The van der Waals surface area contributed by atoms with Crippen LogP contribution in [-0.4, -0.2) is 40.1 Å². The molecule has 2 amide bonds. The maximum atomic E-state index is 12.7. The molecule has 0 aromatic carbocycles. The number of nitrogens with one attached hydrogen (secondary N) is 2. The lowest BCUT2D eigenvalue weighted by atomic mass is 10.2. The fourth-order valence-electron chi connectivity index (χ4n) is 2.82. The third-order valence-electron chi connectivity index (χ3n) is 4.14. The Balaban J connectivity index is 1.63. The van der Waals surface area contributed by atoms with Crippen molar-refractivity contribution in [1.82, 2.24) is 20.1 Å². The van der Waals surface area contributed by atoms with Crippen molar-refractivity contribution in [3.63, 3.8) is 0 Å². The van der Waals surface area contributed by atoms with Crippen molar-refractivity contribution in [1.29, 1.82) is 0 Å². The Morgan fingerprint density at radius 1 is 1.41 bits per heavy atom. The van der Waals surface area contributed by atoms with Gasteiger partial charge in [0.25, 0.3) is 0 Å². The molecule has 2 N–H and O–H groups in total. The van der Waals surface area contributed by atoms with E-state index in [1.54, 1.807) is 13.0 Å². The molecule has 2 aromatic rings. The third kappa shape index (κ3) is 4.97. The summed E-state index contributed by atoms with van der Waals surface area (Å²) in [6.07, 6.45) is -0.793. The molecular weight excluding hydrogens is 363 g/mol. The highest BCUT2D eigenvalue weighted by molar-refractivity contribution is 5.88. The van der Waals surface area contributed by atoms with Crippen LogP contribution in [0.1, 0.15) is 30.5 Å². The number of rotatable bonds is 5. The first kappa shape index (κ1) is 19.2. The number of urea groups is 1. The van der Waals surface area contributed by atoms with Gasteiger partial charge in [0, 0.05) is 25.4 Å². The van der Waals surface area contributed by atoms with E-state index in [1.807, 2.05) is 0 Å². The van der Waals surface area contributed by atoms with E-state index in [1.165, 1.54) is 10.7 Å². The molecule has 1 fully saturated rings. The van der Waals surface area contributed by atoms with Gasteiger partial charge in [0.05, 0.1) is 17.4 Å². The second-order valence-corrected chi connectivity index (χ2v) is 6.29. The van der Waals surface area contributed by atoms with Crippen LogP contribution in [0.2, 0.25) is 0 Å². The van der Waals surface area contributed by atoms with Gasteiger partial charge in [0.2, 0.25) is 0 Å². The van der Waals surface area contributed by atoms with Crippen molar-refractivity contribution >= 4 is 11.8 Å². The zero-order chi connectivity index (χ0) is 19.4. The molecule has 2 aromatic heterocycles. The molecule has 1 saturated heterocycles. The van der Waals surface area contributed by atoms with Crippen molar-refractivity contribution < 1.29 is 22.7 Å². The summed E-state index contributed by atoms with van der Waals surface area (Å²) in [6, 6.07) is 3.31. The van der Waals surface area contributed by atoms with Gasteiger partial charge in [0.15, 0.2) is 5.82 Å². The summed E-state index contributed by atoms with van der Waals surface area (Å²) < 4.78 is 44.8. The fourth-order valence-corrected chi connectivity index (χ4v) is 2.82. The van der Waals surface area contributed by atoms with E-state index in [-0.39, 0.29) is 11.9 Å². The molecule has 0 saturated carbocycles. The predicted octanol–water partition coefficient (Wildman–Crippen LogP) is 3.29. The molecule has 1 aliphatic rings.